The van der Waals surface area contributed by atoms with Gasteiger partial charge in [0.2, 0.25) is 5.91 Å². The number of carbonyl (C=O) groups excluding carboxylic acids is 1. The summed E-state index contributed by atoms with van der Waals surface area (Å²) in [5, 5.41) is 11.4. The van der Waals surface area contributed by atoms with E-state index in [9.17, 15) is 4.79 Å². The molecule has 0 atom stereocenters. The number of thioether (sulfide) groups is 2. The van der Waals surface area contributed by atoms with Crippen LogP contribution in [-0.2, 0) is 10.5 Å². The van der Waals surface area contributed by atoms with Gasteiger partial charge in [0.1, 0.15) is 0 Å². The summed E-state index contributed by atoms with van der Waals surface area (Å²) < 4.78 is 1.81. The van der Waals surface area contributed by atoms with Gasteiger partial charge in [-0.15, -0.1) is 10.2 Å². The molecule has 3 rings (SSSR count). The van der Waals surface area contributed by atoms with Gasteiger partial charge < -0.3 is 5.32 Å². The van der Waals surface area contributed by atoms with Crippen LogP contribution < -0.4 is 5.32 Å². The molecule has 0 bridgehead atoms. The van der Waals surface area contributed by atoms with Gasteiger partial charge in [-0.1, -0.05) is 73.0 Å². The Morgan fingerprint density at radius 1 is 1.21 bits per heavy atom. The molecule has 1 amide bonds. The van der Waals surface area contributed by atoms with Crippen LogP contribution in [0, 0.1) is 0 Å². The molecule has 1 aliphatic carbocycles. The molecule has 0 spiro atoms. The minimum absolute atomic E-state index is 0.0946. The number of aromatic nitrogens is 2. The van der Waals surface area contributed by atoms with E-state index in [0.29, 0.717) is 17.7 Å². The Morgan fingerprint density at radius 2 is 1.88 bits per heavy atom. The van der Waals surface area contributed by atoms with E-state index in [-0.39, 0.29) is 5.91 Å². The van der Waals surface area contributed by atoms with E-state index in [2.05, 4.69) is 53.6 Å². The van der Waals surface area contributed by atoms with Gasteiger partial charge in [0.15, 0.2) is 8.68 Å². The molecule has 0 unspecified atom stereocenters. The highest BCUT2D eigenvalue weighted by molar-refractivity contribution is 8.03. The minimum Gasteiger partial charge on any atom is -0.353 e. The van der Waals surface area contributed by atoms with E-state index < -0.39 is 0 Å². The average molecular weight is 380 g/mol. The van der Waals surface area contributed by atoms with Crippen LogP contribution in [0.3, 0.4) is 0 Å². The summed E-state index contributed by atoms with van der Waals surface area (Å²) in [6, 6.07) is 9.17. The smallest absolute Gasteiger partial charge is 0.230 e. The van der Waals surface area contributed by atoms with Crippen molar-refractivity contribution in [3.8, 4) is 0 Å². The molecule has 4 nitrogen and oxygen atoms in total. The van der Waals surface area contributed by atoms with Crippen LogP contribution in [0.25, 0.3) is 0 Å². The zero-order valence-electron chi connectivity index (χ0n) is 13.8. The Labute approximate surface area is 155 Å². The summed E-state index contributed by atoms with van der Waals surface area (Å²) in [6.45, 7) is 4.41. The third kappa shape index (κ3) is 5.50. The molecule has 1 aromatic carbocycles. The predicted molar refractivity (Wildman–Crippen MR) is 102 cm³/mol. The Morgan fingerprint density at radius 3 is 2.50 bits per heavy atom. The molecule has 1 fully saturated rings. The maximum absolute atomic E-state index is 11.7. The maximum atomic E-state index is 11.7. The van der Waals surface area contributed by atoms with Crippen LogP contribution in [0.4, 0.5) is 0 Å². The Hall–Kier alpha value is -1.05. The molecule has 0 radical (unpaired) electrons. The quantitative estimate of drug-likeness (QED) is 0.692. The van der Waals surface area contributed by atoms with Gasteiger partial charge >= 0.3 is 0 Å². The van der Waals surface area contributed by atoms with Crippen molar-refractivity contribution in [2.75, 3.05) is 5.75 Å². The Balaban J connectivity index is 1.44. The van der Waals surface area contributed by atoms with E-state index in [1.54, 1.807) is 23.1 Å². The summed E-state index contributed by atoms with van der Waals surface area (Å²) in [6.07, 6.45) is 2.24. The number of carbonyl (C=O) groups is 1. The zero-order chi connectivity index (χ0) is 16.9. The Bertz CT molecular complexity index is 681. The van der Waals surface area contributed by atoms with Gasteiger partial charge in [0.25, 0.3) is 0 Å². The van der Waals surface area contributed by atoms with Gasteiger partial charge in [0, 0.05) is 11.8 Å². The monoisotopic (exact) mass is 379 g/mol. The second-order valence-corrected chi connectivity index (χ2v) is 9.57. The summed E-state index contributed by atoms with van der Waals surface area (Å²) in [5.74, 6) is 1.97. The van der Waals surface area contributed by atoms with E-state index in [1.165, 1.54) is 22.9 Å². The average Bonchev–Trinajstić information content (AvgIpc) is 3.26. The van der Waals surface area contributed by atoms with Crippen LogP contribution in [0.1, 0.15) is 43.7 Å². The van der Waals surface area contributed by atoms with E-state index in [4.69, 9.17) is 0 Å². The van der Waals surface area contributed by atoms with Crippen molar-refractivity contribution in [1.29, 1.82) is 0 Å². The van der Waals surface area contributed by atoms with Crippen molar-refractivity contribution in [3.63, 3.8) is 0 Å². The van der Waals surface area contributed by atoms with Crippen molar-refractivity contribution < 1.29 is 4.79 Å². The lowest BCUT2D eigenvalue weighted by atomic mass is 10.0. The van der Waals surface area contributed by atoms with Gasteiger partial charge in [-0.2, -0.15) is 0 Å². The highest BCUT2D eigenvalue weighted by atomic mass is 32.2. The van der Waals surface area contributed by atoms with Gasteiger partial charge in [-0.3, -0.25) is 4.79 Å². The summed E-state index contributed by atoms with van der Waals surface area (Å²) >= 11 is 4.72. The number of rotatable bonds is 8. The van der Waals surface area contributed by atoms with Gasteiger partial charge in [-0.05, 0) is 29.9 Å². The molecule has 2 aromatic rings. The third-order valence-electron chi connectivity index (χ3n) is 3.67. The lowest BCUT2D eigenvalue weighted by Crippen LogP contribution is -2.26. The number of amides is 1. The number of benzene rings is 1. The first kappa shape index (κ1) is 17.8. The molecule has 1 aromatic heterocycles. The van der Waals surface area contributed by atoms with Crippen molar-refractivity contribution in [2.24, 2.45) is 0 Å². The fraction of sp³-hybridized carbons (Fsp3) is 0.471. The second kappa shape index (κ2) is 8.36. The van der Waals surface area contributed by atoms with Crippen molar-refractivity contribution in [1.82, 2.24) is 15.5 Å². The van der Waals surface area contributed by atoms with Crippen LogP contribution in [0.5, 0.6) is 0 Å². The van der Waals surface area contributed by atoms with E-state index in [1.807, 2.05) is 0 Å². The van der Waals surface area contributed by atoms with E-state index >= 15 is 0 Å². The lowest BCUT2D eigenvalue weighted by molar-refractivity contribution is -0.118. The van der Waals surface area contributed by atoms with Gasteiger partial charge in [0.05, 0.1) is 5.75 Å². The normalized spacial score (nSPS) is 14.1. The molecule has 0 aliphatic heterocycles. The molecule has 1 saturated carbocycles. The van der Waals surface area contributed by atoms with Crippen molar-refractivity contribution >= 4 is 40.8 Å². The number of nitrogens with zero attached hydrogens (tertiary/aromatic N) is 2. The first-order chi connectivity index (χ1) is 11.6. The van der Waals surface area contributed by atoms with Crippen LogP contribution in [0.2, 0.25) is 0 Å². The zero-order valence-corrected chi connectivity index (χ0v) is 16.3. The largest absolute Gasteiger partial charge is 0.353 e. The molecule has 7 heteroatoms. The number of nitrogens with one attached hydrogen (secondary N) is 1. The van der Waals surface area contributed by atoms with Crippen molar-refractivity contribution in [2.45, 2.75) is 53.1 Å². The summed E-state index contributed by atoms with van der Waals surface area (Å²) in [4.78, 5) is 11.7. The van der Waals surface area contributed by atoms with Crippen LogP contribution in [0.15, 0.2) is 32.9 Å². The third-order valence-corrected chi connectivity index (χ3v) is 6.93. The molecule has 1 heterocycles. The molecule has 128 valence electrons. The molecule has 0 saturated heterocycles. The number of hydrogen-bond acceptors (Lipinski definition) is 6. The molecular formula is C17H21N3OS3. The fourth-order valence-corrected chi connectivity index (χ4v) is 4.87. The topological polar surface area (TPSA) is 54.9 Å². The standard InChI is InChI=1S/C17H21N3OS3/c1-11(2)13-5-3-12(4-6-13)9-22-16-19-20-17(24-16)23-10-15(21)18-14-7-8-14/h3-6,11,14H,7-10H2,1-2H3,(H,18,21). The molecule has 1 N–H and O–H groups in total. The highest BCUT2D eigenvalue weighted by Crippen LogP contribution is 2.31. The van der Waals surface area contributed by atoms with Crippen LogP contribution in [-0.4, -0.2) is 27.9 Å². The molecule has 24 heavy (non-hydrogen) atoms. The van der Waals surface area contributed by atoms with Gasteiger partial charge in [-0.25, -0.2) is 0 Å². The molecule has 1 aliphatic rings. The maximum Gasteiger partial charge on any atom is 0.230 e. The summed E-state index contributed by atoms with van der Waals surface area (Å²) in [5.41, 5.74) is 2.65. The van der Waals surface area contributed by atoms with Crippen LogP contribution >= 0.6 is 34.9 Å². The first-order valence-corrected chi connectivity index (χ1v) is 10.9. The number of hydrogen-bond donors (Lipinski definition) is 1. The Kier molecular flexibility index (Phi) is 6.19. The molecular weight excluding hydrogens is 358 g/mol. The minimum atomic E-state index is 0.0946. The van der Waals surface area contributed by atoms with Crippen molar-refractivity contribution in [3.05, 3.63) is 35.4 Å². The highest BCUT2D eigenvalue weighted by Gasteiger charge is 2.23. The predicted octanol–water partition coefficient (Wildman–Crippen LogP) is 4.32. The van der Waals surface area contributed by atoms with E-state index in [0.717, 1.165) is 27.3 Å². The fourth-order valence-electron chi connectivity index (χ4n) is 2.08. The lowest BCUT2D eigenvalue weighted by Gasteiger charge is -2.05. The second-order valence-electron chi connectivity index (χ2n) is 6.15. The first-order valence-electron chi connectivity index (χ1n) is 8.07. The SMILES string of the molecule is CC(C)c1ccc(CSc2nnc(SCC(=O)NC3CC3)s2)cc1. The summed E-state index contributed by atoms with van der Waals surface area (Å²) in [7, 11) is 0.